The molecule has 2 fully saturated rings. The molecule has 0 unspecified atom stereocenters. The molecule has 3 aromatic rings. The monoisotopic (exact) mass is 465 g/mol. The highest BCUT2D eigenvalue weighted by Gasteiger charge is 2.22. The van der Waals surface area contributed by atoms with Gasteiger partial charge in [-0.2, -0.15) is 0 Å². The van der Waals surface area contributed by atoms with E-state index in [0.29, 0.717) is 29.9 Å². The Bertz CT molecular complexity index is 1200. The minimum atomic E-state index is -3.80. The number of hydrogen-bond donors (Lipinski definition) is 2. The minimum Gasteiger partial charge on any atom is -0.507 e. The fourth-order valence-electron chi connectivity index (χ4n) is 5.06. The van der Waals surface area contributed by atoms with Gasteiger partial charge >= 0.3 is 0 Å². The molecule has 2 N–H and O–H groups in total. The van der Waals surface area contributed by atoms with Gasteiger partial charge in [0.1, 0.15) is 5.75 Å². The average Bonchev–Trinajstić information content (AvgIpc) is 3.51. The third-order valence-corrected chi connectivity index (χ3v) is 8.18. The molecule has 2 heterocycles. The van der Waals surface area contributed by atoms with E-state index in [2.05, 4.69) is 14.5 Å². The Morgan fingerprint density at radius 1 is 0.788 bits per heavy atom. The first-order chi connectivity index (χ1) is 16.0. The van der Waals surface area contributed by atoms with Crippen LogP contribution in [-0.4, -0.2) is 49.5 Å². The van der Waals surface area contributed by atoms with Gasteiger partial charge in [-0.25, -0.2) is 8.42 Å². The Morgan fingerprint density at radius 2 is 1.33 bits per heavy atom. The van der Waals surface area contributed by atoms with E-state index in [1.54, 1.807) is 24.3 Å². The van der Waals surface area contributed by atoms with Gasteiger partial charge in [-0.3, -0.25) is 14.5 Å². The molecule has 2 saturated heterocycles. The highest BCUT2D eigenvalue weighted by Crippen LogP contribution is 2.33. The van der Waals surface area contributed by atoms with Crippen molar-refractivity contribution in [3.05, 3.63) is 65.7 Å². The van der Waals surface area contributed by atoms with Crippen LogP contribution in [0, 0.1) is 0 Å². The van der Waals surface area contributed by atoms with Gasteiger partial charge < -0.3 is 5.11 Å². The van der Waals surface area contributed by atoms with Gasteiger partial charge in [-0.05, 0) is 75.4 Å². The lowest BCUT2D eigenvalue weighted by molar-refractivity contribution is 0.312. The number of rotatable bonds is 7. The summed E-state index contributed by atoms with van der Waals surface area (Å²) in [7, 11) is -3.80. The molecule has 0 aromatic heterocycles. The maximum atomic E-state index is 13.4. The van der Waals surface area contributed by atoms with Gasteiger partial charge in [-0.1, -0.05) is 36.4 Å². The van der Waals surface area contributed by atoms with Crippen LogP contribution < -0.4 is 4.72 Å². The third-order valence-electron chi connectivity index (χ3n) is 6.74. The second-order valence-electron chi connectivity index (χ2n) is 9.19. The summed E-state index contributed by atoms with van der Waals surface area (Å²) >= 11 is 0. The van der Waals surface area contributed by atoms with Crippen LogP contribution in [0.3, 0.4) is 0 Å². The maximum Gasteiger partial charge on any atom is 0.262 e. The molecule has 0 aliphatic carbocycles. The lowest BCUT2D eigenvalue weighted by Gasteiger charge is -2.21. The average molecular weight is 466 g/mol. The first-order valence-corrected chi connectivity index (χ1v) is 13.3. The lowest BCUT2D eigenvalue weighted by Crippen LogP contribution is -2.21. The highest BCUT2D eigenvalue weighted by molar-refractivity contribution is 7.93. The molecule has 7 heteroatoms. The Morgan fingerprint density at radius 3 is 1.94 bits per heavy atom. The van der Waals surface area contributed by atoms with Crippen molar-refractivity contribution in [2.45, 2.75) is 43.7 Å². The van der Waals surface area contributed by atoms with Crippen molar-refractivity contribution in [3.63, 3.8) is 0 Å². The topological polar surface area (TPSA) is 72.9 Å². The number of anilines is 1. The quantitative estimate of drug-likeness (QED) is 0.501. The van der Waals surface area contributed by atoms with E-state index >= 15 is 0 Å². The van der Waals surface area contributed by atoms with Gasteiger partial charge in [0.25, 0.3) is 10.0 Å². The van der Waals surface area contributed by atoms with Crippen LogP contribution in [0.2, 0.25) is 0 Å². The SMILES string of the molecule is O=S(=O)(Nc1cc(CN2CCCC2)c(O)c(CN2CCCC2)c1)c1cccc2ccccc12. The van der Waals surface area contributed by atoms with Crippen molar-refractivity contribution in [2.24, 2.45) is 0 Å². The number of fused-ring (bicyclic) bond motifs is 1. The minimum absolute atomic E-state index is 0.260. The molecule has 6 nitrogen and oxygen atoms in total. The standard InChI is InChI=1S/C26H31N3O3S/c30-26-21(18-28-12-3-4-13-28)16-23(17-22(26)19-29-14-5-6-15-29)27-33(31,32)25-11-7-9-20-8-1-2-10-24(20)25/h1-2,7-11,16-17,27,30H,3-6,12-15,18-19H2. The zero-order valence-corrected chi connectivity index (χ0v) is 19.7. The number of nitrogens with one attached hydrogen (secondary N) is 1. The van der Waals surface area contributed by atoms with E-state index in [1.165, 1.54) is 0 Å². The smallest absolute Gasteiger partial charge is 0.262 e. The van der Waals surface area contributed by atoms with Crippen LogP contribution in [0.5, 0.6) is 5.75 Å². The number of hydrogen-bond acceptors (Lipinski definition) is 5. The van der Waals surface area contributed by atoms with E-state index < -0.39 is 10.0 Å². The van der Waals surface area contributed by atoms with Crippen molar-refractivity contribution >= 4 is 26.5 Å². The molecule has 5 rings (SSSR count). The molecule has 0 atom stereocenters. The normalized spacial score (nSPS) is 17.7. The second kappa shape index (κ2) is 9.33. The predicted octanol–water partition coefficient (Wildman–Crippen LogP) is 4.54. The van der Waals surface area contributed by atoms with E-state index in [1.807, 2.05) is 30.3 Å². The van der Waals surface area contributed by atoms with Crippen LogP contribution in [0.4, 0.5) is 5.69 Å². The molecule has 0 spiro atoms. The van der Waals surface area contributed by atoms with E-state index in [0.717, 1.165) is 68.4 Å². The summed E-state index contributed by atoms with van der Waals surface area (Å²) in [6.45, 7) is 5.28. The molecule has 0 bridgehead atoms. The molecule has 0 amide bonds. The molecule has 0 radical (unpaired) electrons. The summed E-state index contributed by atoms with van der Waals surface area (Å²) in [4.78, 5) is 4.89. The van der Waals surface area contributed by atoms with Crippen molar-refractivity contribution in [3.8, 4) is 5.75 Å². The zero-order chi connectivity index (χ0) is 22.8. The highest BCUT2D eigenvalue weighted by atomic mass is 32.2. The van der Waals surface area contributed by atoms with Gasteiger partial charge in [0.2, 0.25) is 0 Å². The van der Waals surface area contributed by atoms with Gasteiger partial charge in [0.05, 0.1) is 4.90 Å². The third kappa shape index (κ3) is 4.86. The largest absolute Gasteiger partial charge is 0.507 e. The number of benzene rings is 3. The molecular weight excluding hydrogens is 434 g/mol. The van der Waals surface area contributed by atoms with Gasteiger partial charge in [0, 0.05) is 35.3 Å². The van der Waals surface area contributed by atoms with Crippen LogP contribution in [0.1, 0.15) is 36.8 Å². The van der Waals surface area contributed by atoms with E-state index in [9.17, 15) is 13.5 Å². The van der Waals surface area contributed by atoms with Crippen LogP contribution in [0.15, 0.2) is 59.5 Å². The lowest BCUT2D eigenvalue weighted by atomic mass is 10.1. The Kier molecular flexibility index (Phi) is 6.27. The summed E-state index contributed by atoms with van der Waals surface area (Å²) in [6, 6.07) is 16.4. The molecule has 174 valence electrons. The number of phenolic OH excluding ortho intramolecular Hbond substituents is 1. The second-order valence-corrected chi connectivity index (χ2v) is 10.8. The van der Waals surface area contributed by atoms with Gasteiger partial charge in [-0.15, -0.1) is 0 Å². The Balaban J connectivity index is 1.50. The first-order valence-electron chi connectivity index (χ1n) is 11.8. The fourth-order valence-corrected chi connectivity index (χ4v) is 6.33. The van der Waals surface area contributed by atoms with Gasteiger partial charge in [0.15, 0.2) is 0 Å². The van der Waals surface area contributed by atoms with E-state index in [4.69, 9.17) is 0 Å². The number of phenols is 1. The number of sulfonamides is 1. The summed E-state index contributed by atoms with van der Waals surface area (Å²) in [5.74, 6) is 0.293. The molecule has 0 saturated carbocycles. The molecule has 2 aliphatic heterocycles. The van der Waals surface area contributed by atoms with Crippen molar-refractivity contribution in [2.75, 3.05) is 30.9 Å². The van der Waals surface area contributed by atoms with E-state index in [-0.39, 0.29) is 4.90 Å². The summed E-state index contributed by atoms with van der Waals surface area (Å²) < 4.78 is 29.6. The molecular formula is C26H31N3O3S. The number of nitrogens with zero attached hydrogens (tertiary/aromatic N) is 2. The summed E-state index contributed by atoms with van der Waals surface area (Å²) in [5.41, 5.74) is 2.07. The zero-order valence-electron chi connectivity index (χ0n) is 18.8. The first kappa shape index (κ1) is 22.2. The molecule has 3 aromatic carbocycles. The van der Waals surface area contributed by atoms with Crippen molar-refractivity contribution in [1.82, 2.24) is 9.80 Å². The maximum absolute atomic E-state index is 13.4. The van der Waals surface area contributed by atoms with Crippen LogP contribution in [-0.2, 0) is 23.1 Å². The molecule has 2 aliphatic rings. The van der Waals surface area contributed by atoms with Crippen LogP contribution in [0.25, 0.3) is 10.8 Å². The Labute approximate surface area is 195 Å². The van der Waals surface area contributed by atoms with Crippen LogP contribution >= 0.6 is 0 Å². The molecule has 33 heavy (non-hydrogen) atoms. The summed E-state index contributed by atoms with van der Waals surface area (Å²) in [5, 5.41) is 12.6. The Hall–Kier alpha value is -2.61. The predicted molar refractivity (Wildman–Crippen MR) is 132 cm³/mol. The van der Waals surface area contributed by atoms with Crippen molar-refractivity contribution in [1.29, 1.82) is 0 Å². The fraction of sp³-hybridized carbons (Fsp3) is 0.385. The van der Waals surface area contributed by atoms with Crippen molar-refractivity contribution < 1.29 is 13.5 Å². The number of aromatic hydroxyl groups is 1. The summed E-state index contributed by atoms with van der Waals surface area (Å²) in [6.07, 6.45) is 4.65. The number of likely N-dealkylation sites (tertiary alicyclic amines) is 2.